The second-order valence-electron chi connectivity index (χ2n) is 4.70. The van der Waals surface area contributed by atoms with Crippen molar-refractivity contribution in [2.24, 2.45) is 0 Å². The molecule has 0 spiro atoms. The standard InChI is InChI=1S/C15H14ClNO4/c1-9(17-15(18)12-4-5-14(16)21-12)10-2-3-11-13(8-10)20-7-6-19-11/h2-5,8-9H,6-7H2,1H3,(H,17,18)/t9-/m1/s1. The van der Waals surface area contributed by atoms with Crippen LogP contribution in [0.15, 0.2) is 34.7 Å². The lowest BCUT2D eigenvalue weighted by Crippen LogP contribution is -2.26. The van der Waals surface area contributed by atoms with E-state index in [0.29, 0.717) is 19.0 Å². The Morgan fingerprint density at radius 2 is 1.95 bits per heavy atom. The molecule has 1 amide bonds. The van der Waals surface area contributed by atoms with Crippen molar-refractivity contribution >= 4 is 17.5 Å². The van der Waals surface area contributed by atoms with Gasteiger partial charge in [0.25, 0.3) is 5.91 Å². The number of benzene rings is 1. The van der Waals surface area contributed by atoms with Gasteiger partial charge in [0, 0.05) is 0 Å². The number of hydrogen-bond donors (Lipinski definition) is 1. The molecule has 0 aliphatic carbocycles. The normalized spacial score (nSPS) is 14.6. The summed E-state index contributed by atoms with van der Waals surface area (Å²) in [6.07, 6.45) is 0. The third-order valence-corrected chi connectivity index (χ3v) is 3.41. The van der Waals surface area contributed by atoms with Crippen molar-refractivity contribution in [3.63, 3.8) is 0 Å². The van der Waals surface area contributed by atoms with E-state index in [1.807, 2.05) is 25.1 Å². The van der Waals surface area contributed by atoms with Crippen LogP contribution in [-0.4, -0.2) is 19.1 Å². The number of halogens is 1. The molecular formula is C15H14ClNO4. The number of ether oxygens (including phenoxy) is 2. The number of carbonyl (C=O) groups excluding carboxylic acids is 1. The summed E-state index contributed by atoms with van der Waals surface area (Å²) in [4.78, 5) is 12.0. The summed E-state index contributed by atoms with van der Waals surface area (Å²) in [5.74, 6) is 1.29. The monoisotopic (exact) mass is 307 g/mol. The van der Waals surface area contributed by atoms with Gasteiger partial charge in [-0.2, -0.15) is 0 Å². The van der Waals surface area contributed by atoms with Gasteiger partial charge >= 0.3 is 0 Å². The first-order valence-corrected chi connectivity index (χ1v) is 6.97. The Labute approximate surface area is 126 Å². The highest BCUT2D eigenvalue weighted by atomic mass is 35.5. The zero-order chi connectivity index (χ0) is 14.8. The molecule has 0 fully saturated rings. The minimum atomic E-state index is -0.315. The van der Waals surface area contributed by atoms with Gasteiger partial charge in [0.05, 0.1) is 6.04 Å². The molecule has 21 heavy (non-hydrogen) atoms. The van der Waals surface area contributed by atoms with Crippen LogP contribution in [0.5, 0.6) is 11.5 Å². The highest BCUT2D eigenvalue weighted by molar-refractivity contribution is 6.29. The molecule has 5 nitrogen and oxygen atoms in total. The van der Waals surface area contributed by atoms with Gasteiger partial charge in [-0.25, -0.2) is 0 Å². The summed E-state index contributed by atoms with van der Waals surface area (Å²) >= 11 is 5.66. The van der Waals surface area contributed by atoms with Crippen LogP contribution >= 0.6 is 11.6 Å². The fourth-order valence-electron chi connectivity index (χ4n) is 2.12. The molecule has 0 bridgehead atoms. The smallest absolute Gasteiger partial charge is 0.287 e. The lowest BCUT2D eigenvalue weighted by Gasteiger charge is -2.20. The van der Waals surface area contributed by atoms with Gasteiger partial charge < -0.3 is 19.2 Å². The van der Waals surface area contributed by atoms with Crippen LogP contribution in [0.1, 0.15) is 29.1 Å². The van der Waals surface area contributed by atoms with Gasteiger partial charge in [-0.05, 0) is 48.4 Å². The van der Waals surface area contributed by atoms with E-state index in [0.717, 1.165) is 11.3 Å². The fraction of sp³-hybridized carbons (Fsp3) is 0.267. The summed E-state index contributed by atoms with van der Waals surface area (Å²) < 4.78 is 16.1. The molecule has 2 heterocycles. The summed E-state index contributed by atoms with van der Waals surface area (Å²) in [6.45, 7) is 2.97. The molecule has 0 radical (unpaired) electrons. The Bertz CT molecular complexity index is 667. The molecule has 1 N–H and O–H groups in total. The highest BCUT2D eigenvalue weighted by Gasteiger charge is 2.17. The number of amides is 1. The average molecular weight is 308 g/mol. The number of rotatable bonds is 3. The Morgan fingerprint density at radius 3 is 2.67 bits per heavy atom. The predicted octanol–water partition coefficient (Wildman–Crippen LogP) is 3.20. The van der Waals surface area contributed by atoms with Gasteiger partial charge in [-0.3, -0.25) is 4.79 Å². The Balaban J connectivity index is 1.73. The summed E-state index contributed by atoms with van der Waals surface area (Å²) in [7, 11) is 0. The lowest BCUT2D eigenvalue weighted by molar-refractivity contribution is 0.0912. The van der Waals surface area contributed by atoms with Gasteiger partial charge in [-0.15, -0.1) is 0 Å². The second kappa shape index (κ2) is 5.69. The number of nitrogens with one attached hydrogen (secondary N) is 1. The topological polar surface area (TPSA) is 60.7 Å². The van der Waals surface area contributed by atoms with E-state index < -0.39 is 0 Å². The number of carbonyl (C=O) groups is 1. The van der Waals surface area contributed by atoms with Crippen molar-refractivity contribution in [1.82, 2.24) is 5.32 Å². The van der Waals surface area contributed by atoms with Crippen LogP contribution in [0, 0.1) is 0 Å². The van der Waals surface area contributed by atoms with Crippen LogP contribution in [0.25, 0.3) is 0 Å². The van der Waals surface area contributed by atoms with E-state index >= 15 is 0 Å². The predicted molar refractivity (Wildman–Crippen MR) is 77.0 cm³/mol. The molecule has 110 valence electrons. The Kier molecular flexibility index (Phi) is 3.75. The van der Waals surface area contributed by atoms with Gasteiger partial charge in [-0.1, -0.05) is 6.07 Å². The van der Waals surface area contributed by atoms with Crippen LogP contribution in [0.3, 0.4) is 0 Å². The molecule has 2 aromatic rings. The summed E-state index contributed by atoms with van der Waals surface area (Å²) in [5.41, 5.74) is 0.922. The van der Waals surface area contributed by atoms with Crippen LogP contribution in [0.2, 0.25) is 5.22 Å². The first-order valence-electron chi connectivity index (χ1n) is 6.59. The van der Waals surface area contributed by atoms with Crippen molar-refractivity contribution in [3.8, 4) is 11.5 Å². The van der Waals surface area contributed by atoms with Crippen molar-refractivity contribution < 1.29 is 18.7 Å². The van der Waals surface area contributed by atoms with Crippen molar-refractivity contribution in [3.05, 3.63) is 46.9 Å². The van der Waals surface area contributed by atoms with Crippen molar-refractivity contribution in [2.45, 2.75) is 13.0 Å². The number of fused-ring (bicyclic) bond motifs is 1. The molecule has 0 saturated heterocycles. The molecule has 1 atom stereocenters. The first kappa shape index (κ1) is 13.8. The maximum absolute atomic E-state index is 12.0. The zero-order valence-corrected chi connectivity index (χ0v) is 12.1. The molecule has 1 aromatic carbocycles. The number of furan rings is 1. The van der Waals surface area contributed by atoms with Crippen LogP contribution < -0.4 is 14.8 Å². The van der Waals surface area contributed by atoms with Crippen LogP contribution in [-0.2, 0) is 0 Å². The summed E-state index contributed by atoms with van der Waals surface area (Å²) in [6, 6.07) is 8.48. The van der Waals surface area contributed by atoms with Gasteiger partial charge in [0.1, 0.15) is 13.2 Å². The first-order chi connectivity index (χ1) is 10.1. The number of hydrogen-bond acceptors (Lipinski definition) is 4. The molecule has 1 aliphatic heterocycles. The highest BCUT2D eigenvalue weighted by Crippen LogP contribution is 2.32. The quantitative estimate of drug-likeness (QED) is 0.946. The summed E-state index contributed by atoms with van der Waals surface area (Å²) in [5, 5.41) is 3.03. The maximum atomic E-state index is 12.0. The lowest BCUT2D eigenvalue weighted by atomic mass is 10.1. The molecule has 0 saturated carbocycles. The average Bonchev–Trinajstić information content (AvgIpc) is 2.93. The van der Waals surface area contributed by atoms with E-state index in [2.05, 4.69) is 5.32 Å². The van der Waals surface area contributed by atoms with Gasteiger partial charge in [0.2, 0.25) is 0 Å². The van der Waals surface area contributed by atoms with E-state index in [1.54, 1.807) is 0 Å². The molecular weight excluding hydrogens is 294 g/mol. The molecule has 0 unspecified atom stereocenters. The van der Waals surface area contributed by atoms with Gasteiger partial charge in [0.15, 0.2) is 22.5 Å². The van der Waals surface area contributed by atoms with E-state index in [9.17, 15) is 4.79 Å². The minimum Gasteiger partial charge on any atom is -0.486 e. The maximum Gasteiger partial charge on any atom is 0.287 e. The minimum absolute atomic E-state index is 0.185. The third-order valence-electron chi connectivity index (χ3n) is 3.21. The molecule has 1 aliphatic rings. The largest absolute Gasteiger partial charge is 0.486 e. The van der Waals surface area contributed by atoms with E-state index in [4.69, 9.17) is 25.5 Å². The molecule has 1 aromatic heterocycles. The van der Waals surface area contributed by atoms with E-state index in [-0.39, 0.29) is 22.9 Å². The molecule has 3 rings (SSSR count). The van der Waals surface area contributed by atoms with Crippen molar-refractivity contribution in [2.75, 3.05) is 13.2 Å². The van der Waals surface area contributed by atoms with Crippen LogP contribution in [0.4, 0.5) is 0 Å². The SMILES string of the molecule is C[C@@H](NC(=O)c1ccc(Cl)o1)c1ccc2c(c1)OCCO2. The zero-order valence-electron chi connectivity index (χ0n) is 11.4. The van der Waals surface area contributed by atoms with E-state index in [1.165, 1.54) is 12.1 Å². The molecule has 6 heteroatoms. The Hall–Kier alpha value is -2.14. The second-order valence-corrected chi connectivity index (χ2v) is 5.07. The Morgan fingerprint density at radius 1 is 1.19 bits per heavy atom. The fourth-order valence-corrected chi connectivity index (χ4v) is 2.26. The van der Waals surface area contributed by atoms with Crippen molar-refractivity contribution in [1.29, 1.82) is 0 Å². The third kappa shape index (κ3) is 2.97.